The maximum atomic E-state index is 11.6. The summed E-state index contributed by atoms with van der Waals surface area (Å²) in [6.07, 6.45) is 2.14. The molecule has 1 aromatic rings. The molecule has 0 aliphatic carbocycles. The van der Waals surface area contributed by atoms with Crippen LogP contribution in [0.1, 0.15) is 56.5 Å². The summed E-state index contributed by atoms with van der Waals surface area (Å²) in [5.74, 6) is 0.657. The normalized spacial score (nSPS) is 13.1. The second kappa shape index (κ2) is 5.82. The van der Waals surface area contributed by atoms with E-state index in [4.69, 9.17) is 10.2 Å². The molecule has 1 atom stereocenters. The van der Waals surface area contributed by atoms with Crippen LogP contribution in [-0.4, -0.2) is 16.9 Å². The van der Waals surface area contributed by atoms with Gasteiger partial charge < -0.3 is 15.5 Å². The van der Waals surface area contributed by atoms with Crippen molar-refractivity contribution < 1.29 is 9.21 Å². The average Bonchev–Trinajstić information content (AvgIpc) is 2.63. The predicted molar refractivity (Wildman–Crippen MR) is 65.5 cm³/mol. The fourth-order valence-electron chi connectivity index (χ4n) is 1.51. The molecule has 1 amide bonds. The monoisotopic (exact) mass is 239 g/mol. The summed E-state index contributed by atoms with van der Waals surface area (Å²) in [6.45, 7) is 7.94. The third-order valence-electron chi connectivity index (χ3n) is 2.22. The van der Waals surface area contributed by atoms with E-state index in [1.165, 1.54) is 6.26 Å². The molecule has 1 unspecified atom stereocenters. The van der Waals surface area contributed by atoms with E-state index < -0.39 is 0 Å². The minimum absolute atomic E-state index is 0.0759. The zero-order valence-electron chi connectivity index (χ0n) is 10.9. The van der Waals surface area contributed by atoms with Crippen LogP contribution in [0.4, 0.5) is 0 Å². The zero-order valence-corrected chi connectivity index (χ0v) is 10.9. The molecule has 3 N–H and O–H groups in total. The molecule has 0 bridgehead atoms. The van der Waals surface area contributed by atoms with Crippen molar-refractivity contribution >= 4 is 5.91 Å². The number of oxazole rings is 1. The quantitative estimate of drug-likeness (QED) is 0.821. The Morgan fingerprint density at radius 3 is 2.65 bits per heavy atom. The van der Waals surface area contributed by atoms with Crippen molar-refractivity contribution in [3.63, 3.8) is 0 Å². The second-order valence-corrected chi connectivity index (χ2v) is 4.94. The molecule has 5 nitrogen and oxygen atoms in total. The topological polar surface area (TPSA) is 81.1 Å². The Bertz CT molecular complexity index is 372. The largest absolute Gasteiger partial charge is 0.446 e. The molecule has 1 heterocycles. The minimum Gasteiger partial charge on any atom is -0.446 e. The summed E-state index contributed by atoms with van der Waals surface area (Å²) in [6, 6.07) is -0.178. The molecule has 0 aromatic carbocycles. The molecule has 0 aliphatic rings. The SMILES string of the molecule is CC(C)CC(N)c1nc(C(=O)NC(C)C)co1. The molecule has 96 valence electrons. The van der Waals surface area contributed by atoms with Gasteiger partial charge in [0.1, 0.15) is 6.26 Å². The van der Waals surface area contributed by atoms with Crippen LogP contribution in [0.25, 0.3) is 0 Å². The first-order valence-corrected chi connectivity index (χ1v) is 5.92. The van der Waals surface area contributed by atoms with Gasteiger partial charge in [-0.3, -0.25) is 4.79 Å². The fourth-order valence-corrected chi connectivity index (χ4v) is 1.51. The maximum absolute atomic E-state index is 11.6. The van der Waals surface area contributed by atoms with E-state index in [0.717, 1.165) is 6.42 Å². The van der Waals surface area contributed by atoms with Crippen LogP contribution in [0.2, 0.25) is 0 Å². The Balaban J connectivity index is 2.67. The molecule has 0 spiro atoms. The summed E-state index contributed by atoms with van der Waals surface area (Å²) in [7, 11) is 0. The number of rotatable bonds is 5. The molecule has 17 heavy (non-hydrogen) atoms. The van der Waals surface area contributed by atoms with Gasteiger partial charge in [0.05, 0.1) is 6.04 Å². The molecule has 1 rings (SSSR count). The first kappa shape index (κ1) is 13.7. The van der Waals surface area contributed by atoms with Gasteiger partial charge in [0.25, 0.3) is 5.91 Å². The maximum Gasteiger partial charge on any atom is 0.273 e. The number of hydrogen-bond acceptors (Lipinski definition) is 4. The van der Waals surface area contributed by atoms with Crippen molar-refractivity contribution in [1.29, 1.82) is 0 Å². The molecule has 0 aliphatic heterocycles. The Kier molecular flexibility index (Phi) is 4.69. The molecule has 5 heteroatoms. The summed E-state index contributed by atoms with van der Waals surface area (Å²) >= 11 is 0. The first-order chi connectivity index (χ1) is 7.90. The van der Waals surface area contributed by atoms with Crippen LogP contribution in [0.15, 0.2) is 10.7 Å². The van der Waals surface area contributed by atoms with Crippen molar-refractivity contribution in [2.45, 2.75) is 46.2 Å². The van der Waals surface area contributed by atoms with Crippen LogP contribution >= 0.6 is 0 Å². The summed E-state index contributed by atoms with van der Waals surface area (Å²) in [5.41, 5.74) is 6.21. The number of amides is 1. The van der Waals surface area contributed by atoms with Crippen LogP contribution in [-0.2, 0) is 0 Å². The van der Waals surface area contributed by atoms with Gasteiger partial charge in [-0.25, -0.2) is 4.98 Å². The van der Waals surface area contributed by atoms with Gasteiger partial charge in [0, 0.05) is 6.04 Å². The summed E-state index contributed by atoms with van der Waals surface area (Å²) in [4.78, 5) is 15.8. The van der Waals surface area contributed by atoms with Gasteiger partial charge in [0.2, 0.25) is 5.89 Å². The molecule has 0 fully saturated rings. The highest BCUT2D eigenvalue weighted by Crippen LogP contribution is 2.18. The number of hydrogen-bond donors (Lipinski definition) is 2. The zero-order chi connectivity index (χ0) is 13.0. The number of aromatic nitrogens is 1. The van der Waals surface area contributed by atoms with E-state index in [1.54, 1.807) is 0 Å². The smallest absolute Gasteiger partial charge is 0.273 e. The van der Waals surface area contributed by atoms with E-state index in [-0.39, 0.29) is 23.7 Å². The summed E-state index contributed by atoms with van der Waals surface area (Å²) in [5, 5.41) is 2.75. The highest BCUT2D eigenvalue weighted by Gasteiger charge is 2.18. The van der Waals surface area contributed by atoms with E-state index >= 15 is 0 Å². The fraction of sp³-hybridized carbons (Fsp3) is 0.667. The Morgan fingerprint density at radius 1 is 1.47 bits per heavy atom. The average molecular weight is 239 g/mol. The van der Waals surface area contributed by atoms with Gasteiger partial charge in [-0.15, -0.1) is 0 Å². The van der Waals surface area contributed by atoms with Crippen LogP contribution in [0.5, 0.6) is 0 Å². The van der Waals surface area contributed by atoms with E-state index in [1.807, 2.05) is 13.8 Å². The Morgan fingerprint density at radius 2 is 2.12 bits per heavy atom. The Labute approximate surface area is 102 Å². The molecular weight excluding hydrogens is 218 g/mol. The molecular formula is C12H21N3O2. The van der Waals surface area contributed by atoms with Crippen molar-refractivity contribution in [1.82, 2.24) is 10.3 Å². The number of carbonyl (C=O) groups is 1. The van der Waals surface area contributed by atoms with Crippen molar-refractivity contribution in [3.05, 3.63) is 17.8 Å². The van der Waals surface area contributed by atoms with Crippen molar-refractivity contribution in [3.8, 4) is 0 Å². The summed E-state index contributed by atoms with van der Waals surface area (Å²) < 4.78 is 5.23. The van der Waals surface area contributed by atoms with Gasteiger partial charge in [0.15, 0.2) is 5.69 Å². The van der Waals surface area contributed by atoms with Crippen molar-refractivity contribution in [2.24, 2.45) is 11.7 Å². The van der Waals surface area contributed by atoms with Gasteiger partial charge in [-0.1, -0.05) is 13.8 Å². The third-order valence-corrected chi connectivity index (χ3v) is 2.22. The lowest BCUT2D eigenvalue weighted by Gasteiger charge is -2.09. The van der Waals surface area contributed by atoms with Gasteiger partial charge in [-0.2, -0.15) is 0 Å². The number of carbonyl (C=O) groups excluding carboxylic acids is 1. The van der Waals surface area contributed by atoms with Crippen LogP contribution in [0.3, 0.4) is 0 Å². The lowest BCUT2D eigenvalue weighted by Crippen LogP contribution is -2.30. The van der Waals surface area contributed by atoms with Crippen LogP contribution < -0.4 is 11.1 Å². The van der Waals surface area contributed by atoms with Crippen LogP contribution in [0, 0.1) is 5.92 Å². The number of nitrogens with zero attached hydrogens (tertiary/aromatic N) is 1. The van der Waals surface area contributed by atoms with E-state index in [0.29, 0.717) is 11.8 Å². The lowest BCUT2D eigenvalue weighted by atomic mass is 10.0. The highest BCUT2D eigenvalue weighted by atomic mass is 16.3. The van der Waals surface area contributed by atoms with E-state index in [2.05, 4.69) is 24.1 Å². The first-order valence-electron chi connectivity index (χ1n) is 5.92. The molecule has 0 saturated carbocycles. The van der Waals surface area contributed by atoms with E-state index in [9.17, 15) is 4.79 Å². The van der Waals surface area contributed by atoms with Gasteiger partial charge in [-0.05, 0) is 26.2 Å². The lowest BCUT2D eigenvalue weighted by molar-refractivity contribution is 0.0938. The minimum atomic E-state index is -0.254. The molecule has 0 radical (unpaired) electrons. The standard InChI is InChI=1S/C12H21N3O2/c1-7(2)5-9(13)12-15-10(6-17-12)11(16)14-8(3)4/h6-9H,5,13H2,1-4H3,(H,14,16). The Hall–Kier alpha value is -1.36. The second-order valence-electron chi connectivity index (χ2n) is 4.94. The predicted octanol–water partition coefficient (Wildman–Crippen LogP) is 1.86. The van der Waals surface area contributed by atoms with Gasteiger partial charge >= 0.3 is 0 Å². The highest BCUT2D eigenvalue weighted by molar-refractivity contribution is 5.92. The molecule has 1 aromatic heterocycles. The van der Waals surface area contributed by atoms with Crippen molar-refractivity contribution in [2.75, 3.05) is 0 Å². The third kappa shape index (κ3) is 4.19. The molecule has 0 saturated heterocycles. The number of nitrogens with one attached hydrogen (secondary N) is 1. The number of nitrogens with two attached hydrogens (primary N) is 1.